The van der Waals surface area contributed by atoms with Gasteiger partial charge in [0.1, 0.15) is 11.8 Å². The normalized spacial score (nSPS) is 12.9. The first kappa shape index (κ1) is 21.6. The van der Waals surface area contributed by atoms with Crippen LogP contribution in [0.2, 0.25) is 0 Å². The minimum absolute atomic E-state index is 0.0607. The molecule has 2 rings (SSSR count). The SMILES string of the molecule is CCc1nc(-c2ccccc2C(F)Cl)c(CC)nc1OC(C(C)C)C(C)C. The monoisotopic (exact) mass is 392 g/mol. The summed E-state index contributed by atoms with van der Waals surface area (Å²) in [6.45, 7) is 12.6. The van der Waals surface area contributed by atoms with E-state index in [9.17, 15) is 4.39 Å². The van der Waals surface area contributed by atoms with Crippen molar-refractivity contribution >= 4 is 11.6 Å². The predicted octanol–water partition coefficient (Wildman–Crippen LogP) is 6.53. The minimum atomic E-state index is -1.58. The van der Waals surface area contributed by atoms with Gasteiger partial charge in [-0.15, -0.1) is 0 Å². The van der Waals surface area contributed by atoms with E-state index in [1.165, 1.54) is 0 Å². The summed E-state index contributed by atoms with van der Waals surface area (Å²) < 4.78 is 20.2. The largest absolute Gasteiger partial charge is 0.473 e. The number of ether oxygens (including phenoxy) is 1. The molecule has 0 fully saturated rings. The summed E-state index contributed by atoms with van der Waals surface area (Å²) in [5.41, 5.74) is 1.79. The van der Waals surface area contributed by atoms with Crippen LogP contribution in [0, 0.1) is 11.8 Å². The molecule has 148 valence electrons. The average molecular weight is 393 g/mol. The Morgan fingerprint density at radius 1 is 0.963 bits per heavy atom. The molecule has 1 aromatic heterocycles. The first-order valence-electron chi connectivity index (χ1n) is 9.73. The summed E-state index contributed by atoms with van der Waals surface area (Å²) in [6, 6.07) is 7.18. The van der Waals surface area contributed by atoms with Crippen LogP contribution in [-0.2, 0) is 12.8 Å². The fourth-order valence-corrected chi connectivity index (χ4v) is 3.54. The Balaban J connectivity index is 2.57. The summed E-state index contributed by atoms with van der Waals surface area (Å²) >= 11 is 5.76. The van der Waals surface area contributed by atoms with Crippen LogP contribution in [0.15, 0.2) is 24.3 Å². The van der Waals surface area contributed by atoms with Crippen molar-refractivity contribution in [3.05, 3.63) is 41.2 Å². The number of halogens is 2. The number of benzene rings is 1. The van der Waals surface area contributed by atoms with Crippen LogP contribution >= 0.6 is 11.6 Å². The molecule has 0 spiro atoms. The van der Waals surface area contributed by atoms with E-state index in [2.05, 4.69) is 27.7 Å². The topological polar surface area (TPSA) is 35.0 Å². The Labute approximate surface area is 167 Å². The van der Waals surface area contributed by atoms with Crippen LogP contribution in [0.4, 0.5) is 4.39 Å². The standard InChI is InChI=1S/C22H30ClFN2O/c1-7-17-19(15-11-9-10-12-16(15)21(23)24)25-18(8-2)22(26-17)27-20(13(3)4)14(5)6/h9-14,20-21H,7-8H2,1-6H3. The fourth-order valence-electron chi connectivity index (χ4n) is 3.35. The Morgan fingerprint density at radius 3 is 2.07 bits per heavy atom. The molecule has 0 radical (unpaired) electrons. The smallest absolute Gasteiger partial charge is 0.236 e. The van der Waals surface area contributed by atoms with Gasteiger partial charge in [0.25, 0.3) is 0 Å². The van der Waals surface area contributed by atoms with E-state index in [4.69, 9.17) is 26.3 Å². The van der Waals surface area contributed by atoms with Gasteiger partial charge in [-0.05, 0) is 24.7 Å². The average Bonchev–Trinajstić information content (AvgIpc) is 2.64. The molecule has 5 heteroatoms. The maximum atomic E-state index is 13.9. The fraction of sp³-hybridized carbons (Fsp3) is 0.545. The van der Waals surface area contributed by atoms with Gasteiger partial charge in [-0.3, -0.25) is 0 Å². The van der Waals surface area contributed by atoms with Crippen LogP contribution in [0.25, 0.3) is 11.3 Å². The highest BCUT2D eigenvalue weighted by Gasteiger charge is 2.24. The third kappa shape index (κ3) is 4.98. The van der Waals surface area contributed by atoms with Crippen LogP contribution < -0.4 is 4.74 Å². The Hall–Kier alpha value is -1.68. The molecule has 1 atom stereocenters. The summed E-state index contributed by atoms with van der Waals surface area (Å²) in [4.78, 5) is 9.63. The number of nitrogens with zero attached hydrogens (tertiary/aromatic N) is 2. The molecule has 0 saturated heterocycles. The zero-order chi connectivity index (χ0) is 20.1. The molecule has 1 aromatic carbocycles. The molecular weight excluding hydrogens is 363 g/mol. The van der Waals surface area contributed by atoms with Gasteiger partial charge in [0.15, 0.2) is 5.63 Å². The van der Waals surface area contributed by atoms with Crippen molar-refractivity contribution in [2.24, 2.45) is 11.8 Å². The van der Waals surface area contributed by atoms with Crippen molar-refractivity contribution in [1.29, 1.82) is 0 Å². The van der Waals surface area contributed by atoms with Gasteiger partial charge < -0.3 is 4.74 Å². The highest BCUT2D eigenvalue weighted by Crippen LogP contribution is 2.34. The molecule has 27 heavy (non-hydrogen) atoms. The lowest BCUT2D eigenvalue weighted by molar-refractivity contribution is 0.0976. The van der Waals surface area contributed by atoms with E-state index in [0.717, 1.165) is 11.4 Å². The second kappa shape index (κ2) is 9.50. The summed E-state index contributed by atoms with van der Waals surface area (Å²) in [5.74, 6) is 1.32. The van der Waals surface area contributed by atoms with Gasteiger partial charge in [-0.25, -0.2) is 14.4 Å². The van der Waals surface area contributed by atoms with Crippen LogP contribution in [0.3, 0.4) is 0 Å². The first-order valence-corrected chi connectivity index (χ1v) is 10.2. The van der Waals surface area contributed by atoms with Gasteiger partial charge >= 0.3 is 0 Å². The lowest BCUT2D eigenvalue weighted by Crippen LogP contribution is -2.30. The van der Waals surface area contributed by atoms with Gasteiger partial charge in [-0.2, -0.15) is 0 Å². The number of aryl methyl sites for hydroxylation is 2. The molecule has 0 aliphatic carbocycles. The molecule has 0 aliphatic rings. The third-order valence-electron chi connectivity index (χ3n) is 4.69. The zero-order valence-corrected chi connectivity index (χ0v) is 17.8. The molecule has 2 aromatic rings. The summed E-state index contributed by atoms with van der Waals surface area (Å²) in [6.07, 6.45) is 1.42. The van der Waals surface area contributed by atoms with Gasteiger partial charge in [0.2, 0.25) is 5.88 Å². The second-order valence-corrected chi connectivity index (χ2v) is 7.82. The molecular formula is C22H30ClFN2O. The lowest BCUT2D eigenvalue weighted by Gasteiger charge is -2.27. The van der Waals surface area contributed by atoms with Crippen molar-refractivity contribution in [3.63, 3.8) is 0 Å². The maximum Gasteiger partial charge on any atom is 0.236 e. The van der Waals surface area contributed by atoms with E-state index < -0.39 is 5.63 Å². The number of aromatic nitrogens is 2. The zero-order valence-electron chi connectivity index (χ0n) is 17.1. The summed E-state index contributed by atoms with van der Waals surface area (Å²) in [5, 5.41) is 0. The maximum absolute atomic E-state index is 13.9. The van der Waals surface area contributed by atoms with E-state index in [1.54, 1.807) is 12.1 Å². The number of alkyl halides is 2. The molecule has 0 bridgehead atoms. The van der Waals surface area contributed by atoms with E-state index in [1.807, 2.05) is 26.0 Å². The van der Waals surface area contributed by atoms with Gasteiger partial charge in [0, 0.05) is 11.1 Å². The second-order valence-electron chi connectivity index (χ2n) is 7.44. The highest BCUT2D eigenvalue weighted by molar-refractivity contribution is 6.20. The molecule has 3 nitrogen and oxygen atoms in total. The molecule has 0 amide bonds. The first-order chi connectivity index (χ1) is 12.8. The van der Waals surface area contributed by atoms with Crippen LogP contribution in [-0.4, -0.2) is 16.1 Å². The third-order valence-corrected chi connectivity index (χ3v) is 4.92. The Kier molecular flexibility index (Phi) is 7.60. The quantitative estimate of drug-likeness (QED) is 0.478. The molecule has 0 aliphatic heterocycles. The van der Waals surface area contributed by atoms with Crippen molar-refractivity contribution in [2.45, 2.75) is 66.1 Å². The van der Waals surface area contributed by atoms with Gasteiger partial charge in [-0.1, -0.05) is 77.4 Å². The number of hydrogen-bond donors (Lipinski definition) is 0. The molecule has 1 unspecified atom stereocenters. The van der Waals surface area contributed by atoms with E-state index in [0.29, 0.717) is 47.4 Å². The molecule has 0 saturated carbocycles. The highest BCUT2D eigenvalue weighted by atomic mass is 35.5. The van der Waals surface area contributed by atoms with Crippen molar-refractivity contribution in [2.75, 3.05) is 0 Å². The Bertz CT molecular complexity index is 754. The van der Waals surface area contributed by atoms with Crippen molar-refractivity contribution in [3.8, 4) is 17.1 Å². The van der Waals surface area contributed by atoms with Crippen molar-refractivity contribution in [1.82, 2.24) is 9.97 Å². The molecule has 0 N–H and O–H groups in total. The summed E-state index contributed by atoms with van der Waals surface area (Å²) in [7, 11) is 0. The number of hydrogen-bond acceptors (Lipinski definition) is 3. The van der Waals surface area contributed by atoms with Crippen LogP contribution in [0.5, 0.6) is 5.88 Å². The lowest BCUT2D eigenvalue weighted by atomic mass is 9.96. The van der Waals surface area contributed by atoms with E-state index in [-0.39, 0.29) is 6.10 Å². The molecule has 1 heterocycles. The van der Waals surface area contributed by atoms with Crippen LogP contribution in [0.1, 0.15) is 64.1 Å². The van der Waals surface area contributed by atoms with Gasteiger partial charge in [0.05, 0.1) is 11.4 Å². The van der Waals surface area contributed by atoms with E-state index >= 15 is 0 Å². The predicted molar refractivity (Wildman–Crippen MR) is 110 cm³/mol. The minimum Gasteiger partial charge on any atom is -0.473 e. The number of rotatable bonds is 8. The van der Waals surface area contributed by atoms with Crippen molar-refractivity contribution < 1.29 is 9.13 Å². The Morgan fingerprint density at radius 2 is 1.56 bits per heavy atom.